The van der Waals surface area contributed by atoms with Crippen molar-refractivity contribution in [2.24, 2.45) is 0 Å². The molecule has 0 radical (unpaired) electrons. The van der Waals surface area contributed by atoms with E-state index in [-0.39, 0.29) is 5.25 Å². The van der Waals surface area contributed by atoms with E-state index < -0.39 is 0 Å². The first-order chi connectivity index (χ1) is 8.60. The van der Waals surface area contributed by atoms with Gasteiger partial charge in [0.15, 0.2) is 5.78 Å². The number of aryl methyl sites for hydroxylation is 1. The molecule has 0 aliphatic carbocycles. The zero-order valence-corrected chi connectivity index (χ0v) is 13.6. The van der Waals surface area contributed by atoms with Gasteiger partial charge in [-0.25, -0.2) is 0 Å². The molecule has 1 aliphatic heterocycles. The van der Waals surface area contributed by atoms with Gasteiger partial charge in [0.05, 0.1) is 5.25 Å². The van der Waals surface area contributed by atoms with Gasteiger partial charge in [0.25, 0.3) is 0 Å². The van der Waals surface area contributed by atoms with E-state index in [0.29, 0.717) is 22.7 Å². The van der Waals surface area contributed by atoms with Gasteiger partial charge in [-0.2, -0.15) is 11.8 Å². The number of carbonyl (C=O) groups excluding carboxylic acids is 1. The van der Waals surface area contributed by atoms with Crippen LogP contribution in [0, 0.1) is 0 Å². The van der Waals surface area contributed by atoms with Crippen LogP contribution in [0.4, 0.5) is 0 Å². The maximum Gasteiger partial charge on any atom is 0.151 e. The van der Waals surface area contributed by atoms with Crippen LogP contribution in [0.15, 0.2) is 12.1 Å². The third-order valence-corrected chi connectivity index (χ3v) is 7.99. The normalized spacial score (nSPS) is 28.3. The van der Waals surface area contributed by atoms with Crippen LogP contribution in [0.25, 0.3) is 0 Å². The zero-order valence-electron chi connectivity index (χ0n) is 11.1. The van der Waals surface area contributed by atoms with Crippen molar-refractivity contribution in [3.8, 4) is 0 Å². The molecule has 0 N–H and O–H groups in total. The maximum atomic E-state index is 12.3. The summed E-state index contributed by atoms with van der Waals surface area (Å²) in [6.45, 7) is 6.66. The highest BCUT2D eigenvalue weighted by Gasteiger charge is 2.30. The van der Waals surface area contributed by atoms with E-state index in [4.69, 9.17) is 0 Å². The first-order valence-electron chi connectivity index (χ1n) is 6.47. The Kier molecular flexibility index (Phi) is 5.22. The predicted octanol–water partition coefficient (Wildman–Crippen LogP) is 4.05. The quantitative estimate of drug-likeness (QED) is 0.835. The highest BCUT2D eigenvalue weighted by molar-refractivity contribution is 8.08. The van der Waals surface area contributed by atoms with Crippen molar-refractivity contribution in [2.45, 2.75) is 49.4 Å². The lowest BCUT2D eigenvalue weighted by atomic mass is 10.2. The second-order valence-corrected chi connectivity index (χ2v) is 8.98. The molecule has 1 nitrogen and oxygen atoms in total. The Labute approximate surface area is 122 Å². The minimum Gasteiger partial charge on any atom is -0.298 e. The Morgan fingerprint density at radius 3 is 2.61 bits per heavy atom. The molecule has 1 fully saturated rings. The fraction of sp³-hybridized carbons (Fsp3) is 0.643. The summed E-state index contributed by atoms with van der Waals surface area (Å²) in [5.41, 5.74) is 0. The topological polar surface area (TPSA) is 17.1 Å². The summed E-state index contributed by atoms with van der Waals surface area (Å²) in [4.78, 5) is 14.9. The number of thioether (sulfide) groups is 2. The van der Waals surface area contributed by atoms with Gasteiger partial charge in [0.2, 0.25) is 0 Å². The van der Waals surface area contributed by atoms with E-state index in [0.717, 1.165) is 12.2 Å². The second kappa shape index (κ2) is 6.49. The van der Waals surface area contributed by atoms with Crippen molar-refractivity contribution in [1.29, 1.82) is 0 Å². The molecule has 0 spiro atoms. The molecular weight excluding hydrogens is 280 g/mol. The minimum absolute atomic E-state index is 0.202. The van der Waals surface area contributed by atoms with Crippen LogP contribution in [0.5, 0.6) is 0 Å². The summed E-state index contributed by atoms with van der Waals surface area (Å²) in [6.07, 6.45) is 1.70. The zero-order chi connectivity index (χ0) is 13.1. The first-order valence-corrected chi connectivity index (χ1v) is 9.28. The van der Waals surface area contributed by atoms with Gasteiger partial charge in [-0.05, 0) is 18.6 Å². The fourth-order valence-corrected chi connectivity index (χ4v) is 5.80. The van der Waals surface area contributed by atoms with Gasteiger partial charge in [-0.15, -0.1) is 23.1 Å². The molecule has 0 aromatic carbocycles. The lowest BCUT2D eigenvalue weighted by molar-refractivity contribution is -0.117. The Hall–Kier alpha value is 0.0700. The largest absolute Gasteiger partial charge is 0.298 e. The summed E-state index contributed by atoms with van der Waals surface area (Å²) in [5, 5.41) is 1.47. The summed E-state index contributed by atoms with van der Waals surface area (Å²) >= 11 is 5.60. The smallest absolute Gasteiger partial charge is 0.151 e. The molecule has 100 valence electrons. The Morgan fingerprint density at radius 2 is 2.00 bits per heavy atom. The van der Waals surface area contributed by atoms with Gasteiger partial charge < -0.3 is 0 Å². The Balaban J connectivity index is 1.91. The van der Waals surface area contributed by atoms with Crippen LogP contribution in [-0.4, -0.2) is 27.3 Å². The number of ketones is 1. The molecule has 1 aromatic rings. The number of hydrogen-bond acceptors (Lipinski definition) is 4. The van der Waals surface area contributed by atoms with Crippen LogP contribution in [0.3, 0.4) is 0 Å². The fourth-order valence-electron chi connectivity index (χ4n) is 1.95. The second-order valence-electron chi connectivity index (χ2n) is 4.73. The highest BCUT2D eigenvalue weighted by Crippen LogP contribution is 2.36. The number of hydrogen-bond donors (Lipinski definition) is 0. The maximum absolute atomic E-state index is 12.3. The minimum atomic E-state index is 0.202. The average molecular weight is 301 g/mol. The number of carbonyl (C=O) groups is 1. The lowest BCUT2D eigenvalue weighted by Gasteiger charge is -2.30. The molecule has 0 amide bonds. The molecule has 2 heterocycles. The Morgan fingerprint density at radius 1 is 1.28 bits per heavy atom. The first kappa shape index (κ1) is 14.5. The third-order valence-electron chi connectivity index (χ3n) is 3.32. The molecule has 1 aromatic heterocycles. The standard InChI is InChI=1S/C14H20OS3/c1-4-11-5-6-12(18-11)7-13(15)14-8-16-9(2)10(3)17-14/h5-6,9-10,14H,4,7-8H2,1-3H3. The van der Waals surface area contributed by atoms with Crippen molar-refractivity contribution in [1.82, 2.24) is 0 Å². The number of rotatable bonds is 4. The van der Waals surface area contributed by atoms with E-state index in [9.17, 15) is 4.79 Å². The number of thiophene rings is 1. The van der Waals surface area contributed by atoms with Crippen molar-refractivity contribution in [3.63, 3.8) is 0 Å². The molecule has 1 saturated heterocycles. The van der Waals surface area contributed by atoms with Crippen LogP contribution in [0.1, 0.15) is 30.5 Å². The van der Waals surface area contributed by atoms with E-state index in [1.165, 1.54) is 9.75 Å². The molecule has 18 heavy (non-hydrogen) atoms. The molecule has 0 saturated carbocycles. The molecule has 3 atom stereocenters. The lowest BCUT2D eigenvalue weighted by Crippen LogP contribution is -2.32. The summed E-state index contributed by atoms with van der Waals surface area (Å²) in [6, 6.07) is 4.27. The van der Waals surface area contributed by atoms with Crippen LogP contribution >= 0.6 is 34.9 Å². The molecular formula is C14H20OS3. The average Bonchev–Trinajstić information content (AvgIpc) is 2.80. The Bertz CT molecular complexity index is 413. The summed E-state index contributed by atoms with van der Waals surface area (Å²) in [5.74, 6) is 1.40. The highest BCUT2D eigenvalue weighted by atomic mass is 32.2. The van der Waals surface area contributed by atoms with E-state index in [1.807, 2.05) is 23.5 Å². The third kappa shape index (κ3) is 3.55. The molecule has 4 heteroatoms. The van der Waals surface area contributed by atoms with Crippen molar-refractivity contribution in [3.05, 3.63) is 21.9 Å². The van der Waals surface area contributed by atoms with Crippen molar-refractivity contribution < 1.29 is 4.79 Å². The molecule has 1 aliphatic rings. The SMILES string of the molecule is CCc1ccc(CC(=O)C2CSC(C)C(C)S2)s1. The predicted molar refractivity (Wildman–Crippen MR) is 85.2 cm³/mol. The summed E-state index contributed by atoms with van der Waals surface area (Å²) < 4.78 is 0. The summed E-state index contributed by atoms with van der Waals surface area (Å²) in [7, 11) is 0. The molecule has 3 unspecified atom stereocenters. The monoisotopic (exact) mass is 300 g/mol. The van der Waals surface area contributed by atoms with Gasteiger partial charge in [0, 0.05) is 32.4 Å². The van der Waals surface area contributed by atoms with Gasteiger partial charge in [0.1, 0.15) is 0 Å². The van der Waals surface area contributed by atoms with E-state index in [1.54, 1.807) is 11.3 Å². The molecule has 2 rings (SSSR count). The van der Waals surface area contributed by atoms with Gasteiger partial charge >= 0.3 is 0 Å². The van der Waals surface area contributed by atoms with Crippen molar-refractivity contribution >= 4 is 40.6 Å². The van der Waals surface area contributed by atoms with Gasteiger partial charge in [-0.3, -0.25) is 4.79 Å². The van der Waals surface area contributed by atoms with Crippen molar-refractivity contribution in [2.75, 3.05) is 5.75 Å². The van der Waals surface area contributed by atoms with Crippen LogP contribution < -0.4 is 0 Å². The van der Waals surface area contributed by atoms with E-state index >= 15 is 0 Å². The number of Topliss-reactive ketones (excluding diaryl/α,β-unsaturated/α-hetero) is 1. The van der Waals surface area contributed by atoms with Crippen LogP contribution in [-0.2, 0) is 17.6 Å². The van der Waals surface area contributed by atoms with Crippen LogP contribution in [0.2, 0.25) is 0 Å². The van der Waals surface area contributed by atoms with E-state index in [2.05, 4.69) is 32.9 Å². The molecule has 0 bridgehead atoms. The van der Waals surface area contributed by atoms with Gasteiger partial charge in [-0.1, -0.05) is 20.8 Å².